The number of hydrogen-bond acceptors (Lipinski definition) is 2. The molecule has 1 fully saturated rings. The Bertz CT molecular complexity index is 191. The first-order valence-corrected chi connectivity index (χ1v) is 6.21. The summed E-state index contributed by atoms with van der Waals surface area (Å²) in [4.78, 5) is 11.7. The molecule has 0 aromatic rings. The number of hydrogen-bond donors (Lipinski definition) is 2. The van der Waals surface area contributed by atoms with Crippen molar-refractivity contribution in [1.29, 1.82) is 0 Å². The molecule has 1 aliphatic heterocycles. The Morgan fingerprint density at radius 2 is 2.19 bits per heavy atom. The van der Waals surface area contributed by atoms with Crippen molar-refractivity contribution in [3.05, 3.63) is 0 Å². The van der Waals surface area contributed by atoms with Crippen LogP contribution in [-0.4, -0.2) is 25.0 Å². The van der Waals surface area contributed by atoms with Crippen LogP contribution < -0.4 is 10.6 Å². The first-order chi connectivity index (χ1) is 7.20. The maximum absolute atomic E-state index is 11.7. The highest BCUT2D eigenvalue weighted by molar-refractivity contribution is 5.85. The molecule has 1 atom stereocenters. The number of carbonyl (C=O) groups is 1. The number of carbonyl (C=O) groups excluding carboxylic acids is 1. The lowest BCUT2D eigenvalue weighted by molar-refractivity contribution is -0.123. The molecule has 2 N–H and O–H groups in total. The molecule has 0 saturated carbocycles. The summed E-state index contributed by atoms with van der Waals surface area (Å²) < 4.78 is 0. The van der Waals surface area contributed by atoms with Crippen molar-refractivity contribution >= 4 is 18.3 Å². The summed E-state index contributed by atoms with van der Waals surface area (Å²) in [6, 6.07) is 0.0674. The van der Waals surface area contributed by atoms with Crippen LogP contribution in [0, 0.1) is 5.92 Å². The Kier molecular flexibility index (Phi) is 8.67. The fourth-order valence-corrected chi connectivity index (χ4v) is 1.92. The monoisotopic (exact) mass is 248 g/mol. The fourth-order valence-electron chi connectivity index (χ4n) is 1.92. The van der Waals surface area contributed by atoms with Crippen molar-refractivity contribution < 1.29 is 4.79 Å². The van der Waals surface area contributed by atoms with Gasteiger partial charge in [-0.1, -0.05) is 20.3 Å². The van der Waals surface area contributed by atoms with Crippen molar-refractivity contribution in [1.82, 2.24) is 10.6 Å². The quantitative estimate of drug-likeness (QED) is 0.732. The minimum Gasteiger partial charge on any atom is -0.355 e. The van der Waals surface area contributed by atoms with Gasteiger partial charge in [-0.3, -0.25) is 4.79 Å². The fraction of sp³-hybridized carbons (Fsp3) is 0.917. The third kappa shape index (κ3) is 6.33. The van der Waals surface area contributed by atoms with E-state index in [1.54, 1.807) is 0 Å². The summed E-state index contributed by atoms with van der Waals surface area (Å²) in [7, 11) is 0. The maximum atomic E-state index is 11.7. The smallest absolute Gasteiger partial charge is 0.237 e. The first-order valence-electron chi connectivity index (χ1n) is 6.21. The van der Waals surface area contributed by atoms with E-state index in [9.17, 15) is 4.79 Å². The second-order valence-corrected chi connectivity index (χ2v) is 4.83. The second-order valence-electron chi connectivity index (χ2n) is 4.83. The number of halogens is 1. The molecule has 1 saturated heterocycles. The van der Waals surface area contributed by atoms with Crippen LogP contribution in [-0.2, 0) is 4.79 Å². The average Bonchev–Trinajstić information content (AvgIpc) is 2.25. The zero-order valence-corrected chi connectivity index (χ0v) is 11.2. The van der Waals surface area contributed by atoms with E-state index in [0.717, 1.165) is 31.8 Å². The molecule has 16 heavy (non-hydrogen) atoms. The first kappa shape index (κ1) is 15.7. The molecule has 4 heteroatoms. The van der Waals surface area contributed by atoms with Crippen molar-refractivity contribution in [3.8, 4) is 0 Å². The van der Waals surface area contributed by atoms with E-state index in [4.69, 9.17) is 0 Å². The van der Waals surface area contributed by atoms with Crippen LogP contribution >= 0.6 is 12.4 Å². The van der Waals surface area contributed by atoms with Crippen molar-refractivity contribution in [2.75, 3.05) is 13.1 Å². The molecule has 0 aliphatic carbocycles. The lowest BCUT2D eigenvalue weighted by Gasteiger charge is -2.22. The van der Waals surface area contributed by atoms with Crippen LogP contribution in [0.5, 0.6) is 0 Å². The third-order valence-electron chi connectivity index (χ3n) is 2.88. The highest BCUT2D eigenvalue weighted by Crippen LogP contribution is 2.07. The largest absolute Gasteiger partial charge is 0.355 e. The summed E-state index contributed by atoms with van der Waals surface area (Å²) in [6.07, 6.45) is 5.67. The highest BCUT2D eigenvalue weighted by atomic mass is 35.5. The van der Waals surface area contributed by atoms with E-state index >= 15 is 0 Å². The molecule has 1 unspecified atom stereocenters. The molecule has 1 rings (SSSR count). The SMILES string of the molecule is CC(C)CCCNC(=O)C1CCCCN1.Cl. The molecule has 0 spiro atoms. The van der Waals surface area contributed by atoms with Gasteiger partial charge in [0.15, 0.2) is 0 Å². The van der Waals surface area contributed by atoms with Crippen LogP contribution in [0.15, 0.2) is 0 Å². The number of rotatable bonds is 5. The van der Waals surface area contributed by atoms with Crippen molar-refractivity contribution in [3.63, 3.8) is 0 Å². The van der Waals surface area contributed by atoms with E-state index in [1.807, 2.05) is 0 Å². The van der Waals surface area contributed by atoms with E-state index in [-0.39, 0.29) is 24.4 Å². The zero-order chi connectivity index (χ0) is 11.1. The van der Waals surface area contributed by atoms with E-state index in [2.05, 4.69) is 24.5 Å². The predicted molar refractivity (Wildman–Crippen MR) is 70.0 cm³/mol. The Morgan fingerprint density at radius 3 is 2.75 bits per heavy atom. The van der Waals surface area contributed by atoms with Crippen LogP contribution in [0.4, 0.5) is 0 Å². The Labute approximate surface area is 105 Å². The Balaban J connectivity index is 0.00000225. The molecule has 0 aromatic carbocycles. The summed E-state index contributed by atoms with van der Waals surface area (Å²) >= 11 is 0. The normalized spacial score (nSPS) is 20.3. The van der Waals surface area contributed by atoms with Crippen molar-refractivity contribution in [2.45, 2.75) is 52.0 Å². The number of piperidine rings is 1. The highest BCUT2D eigenvalue weighted by Gasteiger charge is 2.19. The van der Waals surface area contributed by atoms with Gasteiger partial charge in [0.1, 0.15) is 0 Å². The lowest BCUT2D eigenvalue weighted by Crippen LogP contribution is -2.46. The molecule has 96 valence electrons. The van der Waals surface area contributed by atoms with Gasteiger partial charge in [0.2, 0.25) is 5.91 Å². The molecule has 0 aromatic heterocycles. The summed E-state index contributed by atoms with van der Waals surface area (Å²) in [5, 5.41) is 6.26. The van der Waals surface area contributed by atoms with Gasteiger partial charge in [0, 0.05) is 6.54 Å². The molecule has 0 bridgehead atoms. The summed E-state index contributed by atoms with van der Waals surface area (Å²) in [5.74, 6) is 0.924. The topological polar surface area (TPSA) is 41.1 Å². The molecule has 0 radical (unpaired) electrons. The van der Waals surface area contributed by atoms with Crippen LogP contribution in [0.1, 0.15) is 46.0 Å². The van der Waals surface area contributed by atoms with Gasteiger partial charge in [-0.05, 0) is 38.1 Å². The molecular formula is C12H25ClN2O. The molecule has 3 nitrogen and oxygen atoms in total. The van der Waals surface area contributed by atoms with E-state index in [0.29, 0.717) is 0 Å². The molecule has 1 amide bonds. The Morgan fingerprint density at radius 1 is 1.44 bits per heavy atom. The average molecular weight is 249 g/mol. The van der Waals surface area contributed by atoms with Gasteiger partial charge in [0.25, 0.3) is 0 Å². The van der Waals surface area contributed by atoms with Gasteiger partial charge in [-0.25, -0.2) is 0 Å². The van der Waals surface area contributed by atoms with Gasteiger partial charge >= 0.3 is 0 Å². The minimum atomic E-state index is 0. The van der Waals surface area contributed by atoms with Crippen molar-refractivity contribution in [2.24, 2.45) is 5.92 Å². The van der Waals surface area contributed by atoms with Gasteiger partial charge < -0.3 is 10.6 Å². The third-order valence-corrected chi connectivity index (χ3v) is 2.88. The van der Waals surface area contributed by atoms with Crippen LogP contribution in [0.3, 0.4) is 0 Å². The zero-order valence-electron chi connectivity index (χ0n) is 10.4. The lowest BCUT2D eigenvalue weighted by atomic mass is 10.0. The van der Waals surface area contributed by atoms with Gasteiger partial charge in [-0.15, -0.1) is 12.4 Å². The molecular weight excluding hydrogens is 224 g/mol. The summed E-state index contributed by atoms with van der Waals surface area (Å²) in [6.45, 7) is 6.24. The van der Waals surface area contributed by atoms with E-state index < -0.39 is 0 Å². The number of amides is 1. The van der Waals surface area contributed by atoms with Crippen LogP contribution in [0.2, 0.25) is 0 Å². The standard InChI is InChI=1S/C12H24N2O.ClH/c1-10(2)6-5-9-14-12(15)11-7-3-4-8-13-11;/h10-11,13H,3-9H2,1-2H3,(H,14,15);1H. The van der Waals surface area contributed by atoms with Crippen LogP contribution in [0.25, 0.3) is 0 Å². The summed E-state index contributed by atoms with van der Waals surface area (Å²) in [5.41, 5.74) is 0. The Hall–Kier alpha value is -0.280. The molecule has 1 heterocycles. The van der Waals surface area contributed by atoms with E-state index in [1.165, 1.54) is 19.3 Å². The maximum Gasteiger partial charge on any atom is 0.237 e. The minimum absolute atomic E-state index is 0. The predicted octanol–water partition coefficient (Wildman–Crippen LogP) is 2.10. The van der Waals surface area contributed by atoms with Gasteiger partial charge in [0.05, 0.1) is 6.04 Å². The molecule has 1 aliphatic rings. The van der Waals surface area contributed by atoms with Gasteiger partial charge in [-0.2, -0.15) is 0 Å². The second kappa shape index (κ2) is 8.82. The number of nitrogens with one attached hydrogen (secondary N) is 2.